The SMILES string of the molecule is C/C(=N/NC(=O)c1ccc(Br)s1)c1ccc2c(c1)NC(=O)CO2. The van der Waals surface area contributed by atoms with E-state index < -0.39 is 0 Å². The van der Waals surface area contributed by atoms with Crippen LogP contribution >= 0.6 is 27.3 Å². The lowest BCUT2D eigenvalue weighted by Gasteiger charge is -2.18. The molecule has 0 spiro atoms. The molecule has 8 heteroatoms. The number of halogens is 1. The molecular weight excluding hydrogens is 382 g/mol. The number of hydrogen-bond acceptors (Lipinski definition) is 5. The van der Waals surface area contributed by atoms with E-state index in [1.165, 1.54) is 11.3 Å². The van der Waals surface area contributed by atoms with Crippen molar-refractivity contribution in [1.29, 1.82) is 0 Å². The third kappa shape index (κ3) is 3.59. The van der Waals surface area contributed by atoms with Crippen LogP contribution in [-0.2, 0) is 4.79 Å². The number of carbonyl (C=O) groups is 2. The maximum Gasteiger partial charge on any atom is 0.281 e. The molecule has 1 aliphatic rings. The summed E-state index contributed by atoms with van der Waals surface area (Å²) in [5, 5.41) is 6.84. The van der Waals surface area contributed by atoms with E-state index in [1.54, 1.807) is 25.1 Å². The number of fused-ring (bicyclic) bond motifs is 1. The Morgan fingerprint density at radius 2 is 2.22 bits per heavy atom. The van der Waals surface area contributed by atoms with Crippen molar-refractivity contribution in [1.82, 2.24) is 5.43 Å². The van der Waals surface area contributed by atoms with Gasteiger partial charge in [0.15, 0.2) is 6.61 Å². The molecule has 6 nitrogen and oxygen atoms in total. The molecule has 2 N–H and O–H groups in total. The van der Waals surface area contributed by atoms with E-state index >= 15 is 0 Å². The van der Waals surface area contributed by atoms with E-state index in [2.05, 4.69) is 31.8 Å². The second-order valence-corrected chi connectivity index (χ2v) is 7.25. The van der Waals surface area contributed by atoms with Gasteiger partial charge in [-0.25, -0.2) is 5.43 Å². The van der Waals surface area contributed by atoms with Crippen LogP contribution in [0.25, 0.3) is 0 Å². The lowest BCUT2D eigenvalue weighted by atomic mass is 10.1. The van der Waals surface area contributed by atoms with Gasteiger partial charge in [-0.2, -0.15) is 5.10 Å². The van der Waals surface area contributed by atoms with Crippen LogP contribution in [0.5, 0.6) is 5.75 Å². The number of hydrazone groups is 1. The number of nitrogens with one attached hydrogen (secondary N) is 2. The van der Waals surface area contributed by atoms with Crippen LogP contribution < -0.4 is 15.5 Å². The molecule has 3 rings (SSSR count). The molecule has 0 aliphatic carbocycles. The molecule has 0 saturated heterocycles. The summed E-state index contributed by atoms with van der Waals surface area (Å²) in [5.41, 5.74) is 4.52. The molecule has 1 aromatic carbocycles. The van der Waals surface area contributed by atoms with Gasteiger partial charge in [-0.3, -0.25) is 9.59 Å². The first-order chi connectivity index (χ1) is 11.0. The summed E-state index contributed by atoms with van der Waals surface area (Å²) < 4.78 is 6.19. The highest BCUT2D eigenvalue weighted by atomic mass is 79.9. The van der Waals surface area contributed by atoms with E-state index in [9.17, 15) is 9.59 Å². The van der Waals surface area contributed by atoms with Gasteiger partial charge in [0.1, 0.15) is 5.75 Å². The first-order valence-corrected chi connectivity index (χ1v) is 8.31. The van der Waals surface area contributed by atoms with Gasteiger partial charge in [0.05, 0.1) is 20.1 Å². The topological polar surface area (TPSA) is 79.8 Å². The molecule has 0 bridgehead atoms. The Labute approximate surface area is 144 Å². The molecule has 2 amide bonds. The summed E-state index contributed by atoms with van der Waals surface area (Å²) in [7, 11) is 0. The number of thiophene rings is 1. The minimum atomic E-state index is -0.269. The highest BCUT2D eigenvalue weighted by Crippen LogP contribution is 2.28. The fraction of sp³-hybridized carbons (Fsp3) is 0.133. The van der Waals surface area contributed by atoms with Crippen molar-refractivity contribution in [2.75, 3.05) is 11.9 Å². The largest absolute Gasteiger partial charge is 0.482 e. The zero-order valence-corrected chi connectivity index (χ0v) is 14.5. The summed E-state index contributed by atoms with van der Waals surface area (Å²) >= 11 is 4.65. The summed E-state index contributed by atoms with van der Waals surface area (Å²) in [6.45, 7) is 1.80. The molecule has 0 atom stereocenters. The lowest BCUT2D eigenvalue weighted by molar-refractivity contribution is -0.118. The fourth-order valence-electron chi connectivity index (χ4n) is 2.00. The van der Waals surface area contributed by atoms with Gasteiger partial charge in [0.25, 0.3) is 11.8 Å². The maximum atomic E-state index is 12.0. The Morgan fingerprint density at radius 1 is 1.39 bits per heavy atom. The minimum Gasteiger partial charge on any atom is -0.482 e. The number of hydrogen-bond donors (Lipinski definition) is 2. The van der Waals surface area contributed by atoms with Crippen molar-refractivity contribution in [2.45, 2.75) is 6.92 Å². The van der Waals surface area contributed by atoms with Crippen LogP contribution in [0.15, 0.2) is 39.2 Å². The fourth-order valence-corrected chi connectivity index (χ4v) is 3.27. The van der Waals surface area contributed by atoms with Gasteiger partial charge < -0.3 is 10.1 Å². The first-order valence-electron chi connectivity index (χ1n) is 6.70. The Balaban J connectivity index is 1.75. The number of benzene rings is 1. The van der Waals surface area contributed by atoms with Crippen LogP contribution in [0.3, 0.4) is 0 Å². The Bertz CT molecular complexity index is 816. The average Bonchev–Trinajstić information content (AvgIpc) is 2.98. The van der Waals surface area contributed by atoms with Gasteiger partial charge >= 0.3 is 0 Å². The van der Waals surface area contributed by atoms with Crippen molar-refractivity contribution in [3.05, 3.63) is 44.6 Å². The molecule has 1 aliphatic heterocycles. The van der Waals surface area contributed by atoms with E-state index in [-0.39, 0.29) is 18.4 Å². The zero-order valence-electron chi connectivity index (χ0n) is 12.1. The van der Waals surface area contributed by atoms with Crippen molar-refractivity contribution in [3.63, 3.8) is 0 Å². The summed E-state index contributed by atoms with van der Waals surface area (Å²) in [5.74, 6) is 0.157. The van der Waals surface area contributed by atoms with E-state index in [4.69, 9.17) is 4.74 Å². The van der Waals surface area contributed by atoms with Gasteiger partial charge in [0, 0.05) is 0 Å². The number of amides is 2. The number of carbonyl (C=O) groups excluding carboxylic acids is 2. The maximum absolute atomic E-state index is 12.0. The molecule has 2 aromatic rings. The number of rotatable bonds is 3. The number of anilines is 1. The van der Waals surface area contributed by atoms with Crippen LogP contribution in [0.1, 0.15) is 22.2 Å². The van der Waals surface area contributed by atoms with Gasteiger partial charge in [-0.15, -0.1) is 11.3 Å². The van der Waals surface area contributed by atoms with Gasteiger partial charge in [-0.05, 0) is 58.7 Å². The third-order valence-electron chi connectivity index (χ3n) is 3.15. The Kier molecular flexibility index (Phi) is 4.44. The Morgan fingerprint density at radius 3 is 2.96 bits per heavy atom. The van der Waals surface area contributed by atoms with Crippen molar-refractivity contribution < 1.29 is 14.3 Å². The number of nitrogens with zero attached hydrogens (tertiary/aromatic N) is 1. The minimum absolute atomic E-state index is 0.0197. The Hall–Kier alpha value is -2.19. The first kappa shape index (κ1) is 15.7. The third-order valence-corrected chi connectivity index (χ3v) is 4.77. The molecule has 23 heavy (non-hydrogen) atoms. The molecule has 0 saturated carbocycles. The zero-order chi connectivity index (χ0) is 16.4. The molecule has 0 radical (unpaired) electrons. The van der Waals surface area contributed by atoms with Crippen LogP contribution in [0.4, 0.5) is 5.69 Å². The van der Waals surface area contributed by atoms with E-state index in [0.29, 0.717) is 22.0 Å². The quantitative estimate of drug-likeness (QED) is 0.621. The van der Waals surface area contributed by atoms with Crippen LogP contribution in [-0.4, -0.2) is 24.1 Å². The van der Waals surface area contributed by atoms with Crippen LogP contribution in [0.2, 0.25) is 0 Å². The lowest BCUT2D eigenvalue weighted by Crippen LogP contribution is -2.25. The van der Waals surface area contributed by atoms with E-state index in [1.807, 2.05) is 12.1 Å². The normalized spacial score (nSPS) is 13.8. The monoisotopic (exact) mass is 393 g/mol. The molecule has 0 unspecified atom stereocenters. The van der Waals surface area contributed by atoms with Gasteiger partial charge in [-0.1, -0.05) is 0 Å². The van der Waals surface area contributed by atoms with Crippen molar-refractivity contribution in [2.24, 2.45) is 5.10 Å². The molecule has 2 heterocycles. The van der Waals surface area contributed by atoms with Crippen molar-refractivity contribution in [3.8, 4) is 5.75 Å². The smallest absolute Gasteiger partial charge is 0.281 e. The average molecular weight is 394 g/mol. The second-order valence-electron chi connectivity index (χ2n) is 4.79. The summed E-state index contributed by atoms with van der Waals surface area (Å²) in [4.78, 5) is 23.9. The van der Waals surface area contributed by atoms with Crippen molar-refractivity contribution >= 4 is 50.5 Å². The highest BCUT2D eigenvalue weighted by Gasteiger charge is 2.16. The summed E-state index contributed by atoms with van der Waals surface area (Å²) in [6.07, 6.45) is 0. The summed E-state index contributed by atoms with van der Waals surface area (Å²) in [6, 6.07) is 8.88. The predicted octanol–water partition coefficient (Wildman–Crippen LogP) is 3.00. The standard InChI is InChI=1S/C15H12BrN3O3S/c1-8(18-19-15(21)12-4-5-13(16)23-12)9-2-3-11-10(6-9)17-14(20)7-22-11/h2-6H,7H2,1H3,(H,17,20)(H,19,21)/b18-8-. The van der Waals surface area contributed by atoms with Crippen LogP contribution in [0, 0.1) is 0 Å². The van der Waals surface area contributed by atoms with Gasteiger partial charge in [0.2, 0.25) is 0 Å². The predicted molar refractivity (Wildman–Crippen MR) is 92.3 cm³/mol. The van der Waals surface area contributed by atoms with E-state index in [0.717, 1.165) is 9.35 Å². The highest BCUT2D eigenvalue weighted by molar-refractivity contribution is 9.11. The molecule has 0 fully saturated rings. The molecule has 1 aromatic heterocycles. The molecule has 118 valence electrons. The second kappa shape index (κ2) is 6.51. The number of ether oxygens (including phenoxy) is 1. The molecular formula is C15H12BrN3O3S.